The summed E-state index contributed by atoms with van der Waals surface area (Å²) < 4.78 is 0. The Kier molecular flexibility index (Phi) is 5.02. The molecule has 0 bridgehead atoms. The molecule has 0 aliphatic carbocycles. The van der Waals surface area contributed by atoms with Crippen molar-refractivity contribution in [3.05, 3.63) is 64.7 Å². The van der Waals surface area contributed by atoms with Crippen molar-refractivity contribution >= 4 is 23.4 Å². The third-order valence-corrected chi connectivity index (χ3v) is 6.19. The Morgan fingerprint density at radius 2 is 1.75 bits per heavy atom. The van der Waals surface area contributed by atoms with Crippen LogP contribution in [0.3, 0.4) is 0 Å². The summed E-state index contributed by atoms with van der Waals surface area (Å²) in [5, 5.41) is 10.6. The van der Waals surface area contributed by atoms with Gasteiger partial charge in [0, 0.05) is 43.0 Å². The normalized spacial score (nSPS) is 18.7. The summed E-state index contributed by atoms with van der Waals surface area (Å²) >= 11 is 5.94. The highest BCUT2D eigenvalue weighted by molar-refractivity contribution is 6.30. The Morgan fingerprint density at radius 3 is 2.43 bits per heavy atom. The number of aromatic hydroxyl groups is 1. The van der Waals surface area contributed by atoms with Crippen LogP contribution < -0.4 is 0 Å². The van der Waals surface area contributed by atoms with E-state index in [1.54, 1.807) is 23.1 Å². The smallest absolute Gasteiger partial charge is 0.257 e. The van der Waals surface area contributed by atoms with Gasteiger partial charge in [0.05, 0.1) is 5.56 Å². The zero-order valence-electron chi connectivity index (χ0n) is 15.6. The van der Waals surface area contributed by atoms with Crippen LogP contribution in [0.25, 0.3) is 0 Å². The second kappa shape index (κ2) is 7.47. The van der Waals surface area contributed by atoms with Crippen LogP contribution in [0.4, 0.5) is 0 Å². The van der Waals surface area contributed by atoms with Gasteiger partial charge in [-0.25, -0.2) is 0 Å². The monoisotopic (exact) mass is 398 g/mol. The Morgan fingerprint density at radius 1 is 1.07 bits per heavy atom. The first-order valence-electron chi connectivity index (χ1n) is 9.55. The molecule has 1 N–H and O–H groups in total. The third-order valence-electron chi connectivity index (χ3n) is 5.94. The topological polar surface area (TPSA) is 60.9 Å². The van der Waals surface area contributed by atoms with E-state index in [-0.39, 0.29) is 23.0 Å². The summed E-state index contributed by atoms with van der Waals surface area (Å²) in [6, 6.07) is 14.2. The Bertz CT molecular complexity index is 889. The lowest BCUT2D eigenvalue weighted by Gasteiger charge is -2.39. The van der Waals surface area contributed by atoms with Gasteiger partial charge in [-0.1, -0.05) is 35.9 Å². The third kappa shape index (κ3) is 3.72. The minimum absolute atomic E-state index is 0.0120. The maximum Gasteiger partial charge on any atom is 0.257 e. The van der Waals surface area contributed by atoms with Gasteiger partial charge >= 0.3 is 0 Å². The number of phenols is 1. The van der Waals surface area contributed by atoms with E-state index in [0.717, 1.165) is 24.9 Å². The molecule has 146 valence electrons. The van der Waals surface area contributed by atoms with Crippen molar-refractivity contribution in [2.75, 3.05) is 19.6 Å². The Balaban J connectivity index is 1.39. The van der Waals surface area contributed by atoms with Gasteiger partial charge in [0.25, 0.3) is 5.91 Å². The molecule has 2 aliphatic rings. The van der Waals surface area contributed by atoms with Crippen LogP contribution in [0.5, 0.6) is 5.75 Å². The zero-order valence-corrected chi connectivity index (χ0v) is 16.4. The number of nitrogens with zero attached hydrogens (tertiary/aromatic N) is 2. The molecule has 2 fully saturated rings. The van der Waals surface area contributed by atoms with Gasteiger partial charge in [-0.2, -0.15) is 0 Å². The van der Waals surface area contributed by atoms with Gasteiger partial charge in [0.2, 0.25) is 5.91 Å². The summed E-state index contributed by atoms with van der Waals surface area (Å²) in [5.74, 6) is 0.0451. The van der Waals surface area contributed by atoms with Crippen molar-refractivity contribution < 1.29 is 14.7 Å². The highest BCUT2D eigenvalue weighted by atomic mass is 35.5. The van der Waals surface area contributed by atoms with Gasteiger partial charge < -0.3 is 14.9 Å². The lowest BCUT2D eigenvalue weighted by Crippen LogP contribution is -2.44. The van der Waals surface area contributed by atoms with Gasteiger partial charge in [-0.3, -0.25) is 9.59 Å². The van der Waals surface area contributed by atoms with Crippen LogP contribution in [-0.2, 0) is 11.3 Å². The van der Waals surface area contributed by atoms with Crippen LogP contribution in [0, 0.1) is 5.41 Å². The molecular weight excluding hydrogens is 376 g/mol. The molecule has 2 heterocycles. The molecule has 1 spiro atoms. The fourth-order valence-corrected chi connectivity index (χ4v) is 4.41. The number of rotatable bonds is 3. The van der Waals surface area contributed by atoms with Crippen molar-refractivity contribution in [1.82, 2.24) is 9.80 Å². The molecule has 0 radical (unpaired) electrons. The number of carbonyl (C=O) groups excluding carboxylic acids is 2. The number of piperidine rings is 1. The number of hydrogen-bond donors (Lipinski definition) is 1. The fourth-order valence-electron chi connectivity index (χ4n) is 4.28. The fraction of sp³-hybridized carbons (Fsp3) is 0.364. The maximum absolute atomic E-state index is 12.7. The molecule has 2 aliphatic heterocycles. The van der Waals surface area contributed by atoms with Crippen LogP contribution in [-0.4, -0.2) is 46.4 Å². The molecule has 0 unspecified atom stereocenters. The number of benzene rings is 2. The molecule has 0 aromatic heterocycles. The van der Waals surface area contributed by atoms with E-state index in [2.05, 4.69) is 0 Å². The second-order valence-electron chi connectivity index (χ2n) is 7.86. The van der Waals surface area contributed by atoms with Crippen LogP contribution in [0.15, 0.2) is 48.5 Å². The zero-order chi connectivity index (χ0) is 19.7. The molecule has 2 amide bonds. The summed E-state index contributed by atoms with van der Waals surface area (Å²) in [4.78, 5) is 29.0. The van der Waals surface area contributed by atoms with E-state index in [1.807, 2.05) is 29.2 Å². The summed E-state index contributed by atoms with van der Waals surface area (Å²) in [6.45, 7) is 2.54. The van der Waals surface area contributed by atoms with Crippen molar-refractivity contribution in [3.8, 4) is 5.75 Å². The first-order valence-corrected chi connectivity index (χ1v) is 9.93. The molecule has 0 saturated carbocycles. The minimum atomic E-state index is -0.143. The van der Waals surface area contributed by atoms with Crippen molar-refractivity contribution in [3.63, 3.8) is 0 Å². The SMILES string of the molecule is O=C1CC2(CCN(C(=O)c3ccccc3O)CC2)CN1Cc1ccc(Cl)cc1. The summed E-state index contributed by atoms with van der Waals surface area (Å²) in [6.07, 6.45) is 2.14. The number of amides is 2. The summed E-state index contributed by atoms with van der Waals surface area (Å²) in [5.41, 5.74) is 1.35. The van der Waals surface area contributed by atoms with E-state index in [1.165, 1.54) is 6.07 Å². The largest absolute Gasteiger partial charge is 0.507 e. The van der Waals surface area contributed by atoms with E-state index in [4.69, 9.17) is 11.6 Å². The van der Waals surface area contributed by atoms with Gasteiger partial charge in [0.15, 0.2) is 0 Å². The second-order valence-corrected chi connectivity index (χ2v) is 8.30. The summed E-state index contributed by atoms with van der Waals surface area (Å²) in [7, 11) is 0. The molecule has 2 aromatic carbocycles. The van der Waals surface area contributed by atoms with Crippen LogP contribution in [0.2, 0.25) is 5.02 Å². The van der Waals surface area contributed by atoms with Crippen LogP contribution in [0.1, 0.15) is 35.2 Å². The van der Waals surface area contributed by atoms with E-state index < -0.39 is 0 Å². The number of hydrogen-bond acceptors (Lipinski definition) is 3. The quantitative estimate of drug-likeness (QED) is 0.857. The van der Waals surface area contributed by atoms with Gasteiger partial charge in [0.1, 0.15) is 5.75 Å². The lowest BCUT2D eigenvalue weighted by molar-refractivity contribution is -0.128. The number of para-hydroxylation sites is 1. The molecule has 2 aromatic rings. The van der Waals surface area contributed by atoms with Crippen molar-refractivity contribution in [2.24, 2.45) is 5.41 Å². The molecular formula is C22H23ClN2O3. The Labute approximate surface area is 169 Å². The molecule has 4 rings (SSSR count). The highest BCUT2D eigenvalue weighted by Crippen LogP contribution is 2.42. The maximum atomic E-state index is 12.7. The minimum Gasteiger partial charge on any atom is -0.507 e. The van der Waals surface area contributed by atoms with E-state index in [9.17, 15) is 14.7 Å². The van der Waals surface area contributed by atoms with E-state index >= 15 is 0 Å². The molecule has 6 heteroatoms. The van der Waals surface area contributed by atoms with Crippen molar-refractivity contribution in [1.29, 1.82) is 0 Å². The molecule has 28 heavy (non-hydrogen) atoms. The van der Waals surface area contributed by atoms with Crippen molar-refractivity contribution in [2.45, 2.75) is 25.8 Å². The lowest BCUT2D eigenvalue weighted by atomic mass is 9.77. The molecule has 5 nitrogen and oxygen atoms in total. The standard InChI is InChI=1S/C22H23ClN2O3/c23-17-7-5-16(6-8-17)14-25-15-22(13-20(25)27)9-11-24(12-10-22)21(28)18-3-1-2-4-19(18)26/h1-8,26H,9-15H2. The predicted molar refractivity (Wildman–Crippen MR) is 107 cm³/mol. The van der Waals surface area contributed by atoms with Gasteiger partial charge in [-0.05, 0) is 42.7 Å². The number of likely N-dealkylation sites (tertiary alicyclic amines) is 2. The van der Waals surface area contributed by atoms with E-state index in [0.29, 0.717) is 36.6 Å². The molecule has 2 saturated heterocycles. The van der Waals surface area contributed by atoms with Gasteiger partial charge in [-0.15, -0.1) is 0 Å². The average Bonchev–Trinajstić information content (AvgIpc) is 2.99. The number of phenolic OH excluding ortho intramolecular Hbond substituents is 1. The average molecular weight is 399 g/mol. The Hall–Kier alpha value is -2.53. The molecule has 0 atom stereocenters. The number of halogens is 1. The van der Waals surface area contributed by atoms with Crippen LogP contribution >= 0.6 is 11.6 Å². The predicted octanol–water partition coefficient (Wildman–Crippen LogP) is 3.70. The number of carbonyl (C=O) groups is 2. The first-order chi connectivity index (χ1) is 13.5. The first kappa shape index (κ1) is 18.8. The highest BCUT2D eigenvalue weighted by Gasteiger charge is 2.45.